The third-order valence-corrected chi connectivity index (χ3v) is 6.69. The number of hydrogen-bond acceptors (Lipinski definition) is 5. The second-order valence-corrected chi connectivity index (χ2v) is 9.93. The van der Waals surface area contributed by atoms with E-state index in [2.05, 4.69) is 16.3 Å². The maximum atomic E-state index is 12.7. The van der Waals surface area contributed by atoms with Crippen LogP contribution in [0.1, 0.15) is 24.0 Å². The lowest BCUT2D eigenvalue weighted by Crippen LogP contribution is -2.48. The summed E-state index contributed by atoms with van der Waals surface area (Å²) < 4.78 is 31.1. The van der Waals surface area contributed by atoms with Crippen molar-refractivity contribution in [2.45, 2.75) is 32.4 Å². The van der Waals surface area contributed by atoms with Crippen LogP contribution in [0.2, 0.25) is 0 Å². The van der Waals surface area contributed by atoms with Crippen LogP contribution in [0.4, 0.5) is 5.69 Å². The van der Waals surface area contributed by atoms with Gasteiger partial charge in [0.05, 0.1) is 19.1 Å². The number of nitrogens with one attached hydrogen (secondary N) is 1. The van der Waals surface area contributed by atoms with Crippen molar-refractivity contribution in [3.05, 3.63) is 59.7 Å². The minimum Gasteiger partial charge on any atom is -0.497 e. The molecular formula is C23H31N3O4S. The van der Waals surface area contributed by atoms with Gasteiger partial charge in [0.1, 0.15) is 12.3 Å². The van der Waals surface area contributed by atoms with Gasteiger partial charge in [0.15, 0.2) is 0 Å². The van der Waals surface area contributed by atoms with E-state index < -0.39 is 10.0 Å². The Kier molecular flexibility index (Phi) is 7.56. The molecule has 0 unspecified atom stereocenters. The van der Waals surface area contributed by atoms with Crippen LogP contribution in [0.5, 0.6) is 5.75 Å². The van der Waals surface area contributed by atoms with Crippen molar-refractivity contribution in [3.8, 4) is 5.75 Å². The fourth-order valence-electron chi connectivity index (χ4n) is 3.89. The van der Waals surface area contributed by atoms with Gasteiger partial charge in [-0.2, -0.15) is 0 Å². The average molecular weight is 446 g/mol. The van der Waals surface area contributed by atoms with Crippen molar-refractivity contribution < 1.29 is 17.9 Å². The van der Waals surface area contributed by atoms with E-state index in [1.165, 1.54) is 9.87 Å². The number of carbonyl (C=O) groups is 1. The zero-order valence-electron chi connectivity index (χ0n) is 18.4. The van der Waals surface area contributed by atoms with E-state index >= 15 is 0 Å². The Balaban J connectivity index is 1.53. The first-order valence-corrected chi connectivity index (χ1v) is 12.3. The van der Waals surface area contributed by atoms with Crippen LogP contribution in [0.3, 0.4) is 0 Å². The second-order valence-electron chi connectivity index (χ2n) is 8.03. The predicted octanol–water partition coefficient (Wildman–Crippen LogP) is 2.55. The normalized spacial score (nSPS) is 15.5. The number of para-hydroxylation sites is 1. The van der Waals surface area contributed by atoms with Crippen LogP contribution in [0, 0.1) is 6.92 Å². The molecule has 7 nitrogen and oxygen atoms in total. The monoisotopic (exact) mass is 445 g/mol. The van der Waals surface area contributed by atoms with Gasteiger partial charge >= 0.3 is 0 Å². The molecule has 2 aromatic rings. The highest BCUT2D eigenvalue weighted by Gasteiger charge is 2.25. The molecule has 168 valence electrons. The smallest absolute Gasteiger partial charge is 0.240 e. The van der Waals surface area contributed by atoms with E-state index in [0.29, 0.717) is 5.69 Å². The number of carbonyl (C=O) groups excluding carboxylic acids is 1. The summed E-state index contributed by atoms with van der Waals surface area (Å²) in [5, 5.41) is 3.02. The molecule has 0 aliphatic carbocycles. The van der Waals surface area contributed by atoms with Crippen molar-refractivity contribution in [1.82, 2.24) is 10.2 Å². The number of nitrogens with zero attached hydrogens (tertiary/aromatic N) is 2. The van der Waals surface area contributed by atoms with Crippen molar-refractivity contribution in [3.63, 3.8) is 0 Å². The largest absolute Gasteiger partial charge is 0.497 e. The Morgan fingerprint density at radius 1 is 1.16 bits per heavy atom. The molecule has 8 heteroatoms. The van der Waals surface area contributed by atoms with Crippen molar-refractivity contribution in [2.24, 2.45) is 0 Å². The summed E-state index contributed by atoms with van der Waals surface area (Å²) in [5.41, 5.74) is 2.55. The summed E-state index contributed by atoms with van der Waals surface area (Å²) in [6.45, 7) is 4.20. The van der Waals surface area contributed by atoms with Gasteiger partial charge < -0.3 is 10.1 Å². The van der Waals surface area contributed by atoms with E-state index in [-0.39, 0.29) is 18.5 Å². The summed E-state index contributed by atoms with van der Waals surface area (Å²) in [5.74, 6) is 0.573. The number of aryl methyl sites for hydroxylation is 1. The number of benzene rings is 2. The van der Waals surface area contributed by atoms with E-state index in [1.807, 2.05) is 37.3 Å². The van der Waals surface area contributed by atoms with E-state index in [4.69, 9.17) is 4.74 Å². The van der Waals surface area contributed by atoms with Gasteiger partial charge in [0, 0.05) is 25.7 Å². The quantitative estimate of drug-likeness (QED) is 0.676. The summed E-state index contributed by atoms with van der Waals surface area (Å²) in [6, 6.07) is 15.3. The minimum absolute atomic E-state index is 0.0485. The molecule has 0 aromatic heterocycles. The fraction of sp³-hybridized carbons (Fsp3) is 0.435. The molecule has 0 radical (unpaired) electrons. The van der Waals surface area contributed by atoms with Crippen LogP contribution >= 0.6 is 0 Å². The van der Waals surface area contributed by atoms with Crippen molar-refractivity contribution in [1.29, 1.82) is 0 Å². The molecule has 1 amide bonds. The molecule has 1 N–H and O–H groups in total. The number of methoxy groups -OCH3 is 1. The highest BCUT2D eigenvalue weighted by molar-refractivity contribution is 7.92. The first-order valence-electron chi connectivity index (χ1n) is 10.4. The Bertz CT molecular complexity index is 1000. The fourth-order valence-corrected chi connectivity index (χ4v) is 4.81. The van der Waals surface area contributed by atoms with Gasteiger partial charge in [-0.25, -0.2) is 8.42 Å². The third-order valence-electron chi connectivity index (χ3n) is 5.56. The third kappa shape index (κ3) is 6.45. The topological polar surface area (TPSA) is 79.0 Å². The molecule has 0 atom stereocenters. The van der Waals surface area contributed by atoms with Gasteiger partial charge in [0.2, 0.25) is 15.9 Å². The minimum atomic E-state index is -3.57. The first kappa shape index (κ1) is 23.1. The maximum Gasteiger partial charge on any atom is 0.240 e. The van der Waals surface area contributed by atoms with Gasteiger partial charge in [-0.05, 0) is 49.1 Å². The average Bonchev–Trinajstić information content (AvgIpc) is 2.73. The molecule has 1 heterocycles. The lowest BCUT2D eigenvalue weighted by molar-refractivity contribution is -0.120. The Labute approximate surface area is 185 Å². The number of anilines is 1. The highest BCUT2D eigenvalue weighted by atomic mass is 32.2. The predicted molar refractivity (Wildman–Crippen MR) is 123 cm³/mol. The molecule has 0 bridgehead atoms. The van der Waals surface area contributed by atoms with Crippen molar-refractivity contribution >= 4 is 21.6 Å². The number of sulfonamides is 1. The number of likely N-dealkylation sites (tertiary alicyclic amines) is 1. The zero-order chi connectivity index (χ0) is 22.4. The van der Waals surface area contributed by atoms with Gasteiger partial charge in [-0.1, -0.05) is 30.3 Å². The Morgan fingerprint density at radius 3 is 2.52 bits per heavy atom. The van der Waals surface area contributed by atoms with Crippen molar-refractivity contribution in [2.75, 3.05) is 37.3 Å². The van der Waals surface area contributed by atoms with Gasteiger partial charge in [-0.3, -0.25) is 14.0 Å². The summed E-state index contributed by atoms with van der Waals surface area (Å²) in [7, 11) is -1.91. The molecule has 1 saturated heterocycles. The number of rotatable bonds is 8. The Hall–Kier alpha value is -2.58. The Morgan fingerprint density at radius 2 is 1.87 bits per heavy atom. The maximum absolute atomic E-state index is 12.7. The second kappa shape index (κ2) is 10.2. The van der Waals surface area contributed by atoms with Crippen LogP contribution < -0.4 is 14.4 Å². The molecule has 0 spiro atoms. The number of ether oxygens (including phenoxy) is 1. The molecule has 31 heavy (non-hydrogen) atoms. The lowest BCUT2D eigenvalue weighted by atomic mass is 10.0. The zero-order valence-corrected chi connectivity index (χ0v) is 19.2. The van der Waals surface area contributed by atoms with Crippen LogP contribution in [0.15, 0.2) is 48.5 Å². The molecule has 0 saturated carbocycles. The summed E-state index contributed by atoms with van der Waals surface area (Å²) in [4.78, 5) is 15.0. The van der Waals surface area contributed by atoms with Gasteiger partial charge in [-0.15, -0.1) is 0 Å². The number of amides is 1. The molecule has 3 rings (SSSR count). The van der Waals surface area contributed by atoms with E-state index in [0.717, 1.165) is 50.0 Å². The molecule has 2 aromatic carbocycles. The van der Waals surface area contributed by atoms with Crippen LogP contribution in [0.25, 0.3) is 0 Å². The lowest BCUT2D eigenvalue weighted by Gasteiger charge is -2.33. The van der Waals surface area contributed by atoms with Gasteiger partial charge in [0.25, 0.3) is 0 Å². The van der Waals surface area contributed by atoms with Crippen LogP contribution in [-0.4, -0.2) is 58.3 Å². The molecular weight excluding hydrogens is 414 g/mol. The van der Waals surface area contributed by atoms with E-state index in [1.54, 1.807) is 19.2 Å². The SMILES string of the molecule is COc1cccc(CN2CCC(NC(=O)CN(c3ccccc3C)S(C)(=O)=O)CC2)c1. The standard InChI is InChI=1S/C23H31N3O4S/c1-18-7-4-5-10-22(18)26(31(3,28)29)17-23(27)24-20-11-13-25(14-12-20)16-19-8-6-9-21(15-19)30-2/h4-10,15,20H,11-14,16-17H2,1-3H3,(H,24,27). The highest BCUT2D eigenvalue weighted by Crippen LogP contribution is 2.22. The first-order chi connectivity index (χ1) is 14.8. The number of hydrogen-bond donors (Lipinski definition) is 1. The molecule has 1 fully saturated rings. The molecule has 1 aliphatic rings. The van der Waals surface area contributed by atoms with Crippen LogP contribution in [-0.2, 0) is 21.4 Å². The summed E-state index contributed by atoms with van der Waals surface area (Å²) >= 11 is 0. The molecule has 1 aliphatic heterocycles. The summed E-state index contributed by atoms with van der Waals surface area (Å²) in [6.07, 6.45) is 2.79. The number of piperidine rings is 1. The van der Waals surface area contributed by atoms with E-state index in [9.17, 15) is 13.2 Å².